The van der Waals surface area contributed by atoms with Crippen LogP contribution in [-0.2, 0) is 6.54 Å². The maximum Gasteiger partial charge on any atom is 0.128 e. The molecule has 14 heavy (non-hydrogen) atoms. The van der Waals surface area contributed by atoms with Gasteiger partial charge >= 0.3 is 0 Å². The Hall–Kier alpha value is -2.04. The fraction of sp³-hybridized carbons (Fsp3) is 0.111. The second-order valence-electron chi connectivity index (χ2n) is 2.93. The van der Waals surface area contributed by atoms with E-state index < -0.39 is 0 Å². The topological polar surface area (TPSA) is 79.6 Å². The molecule has 0 saturated carbocycles. The summed E-state index contributed by atoms with van der Waals surface area (Å²) >= 11 is 0. The van der Waals surface area contributed by atoms with Gasteiger partial charge in [-0.3, -0.25) is 5.10 Å². The molecule has 0 aliphatic carbocycles. The SMILES string of the molecule is Nc1ccnc(NCc2cn[nH]c2)c1. The van der Waals surface area contributed by atoms with E-state index in [0.717, 1.165) is 11.4 Å². The van der Waals surface area contributed by atoms with Crippen molar-refractivity contribution in [3.05, 3.63) is 36.3 Å². The van der Waals surface area contributed by atoms with Crippen LogP contribution in [0.2, 0.25) is 0 Å². The van der Waals surface area contributed by atoms with Gasteiger partial charge in [-0.1, -0.05) is 0 Å². The largest absolute Gasteiger partial charge is 0.399 e. The second kappa shape index (κ2) is 3.78. The summed E-state index contributed by atoms with van der Waals surface area (Å²) < 4.78 is 0. The molecule has 0 fully saturated rings. The Morgan fingerprint density at radius 1 is 1.50 bits per heavy atom. The maximum absolute atomic E-state index is 5.61. The Kier molecular flexibility index (Phi) is 2.31. The highest BCUT2D eigenvalue weighted by Gasteiger charge is 1.95. The van der Waals surface area contributed by atoms with Crippen LogP contribution in [0.3, 0.4) is 0 Å². The number of hydrogen-bond acceptors (Lipinski definition) is 4. The minimum Gasteiger partial charge on any atom is -0.399 e. The van der Waals surface area contributed by atoms with Crippen LogP contribution in [-0.4, -0.2) is 15.2 Å². The third-order valence-corrected chi connectivity index (χ3v) is 1.81. The Labute approximate surface area is 81.4 Å². The molecule has 2 aromatic rings. The van der Waals surface area contributed by atoms with Crippen molar-refractivity contribution in [2.24, 2.45) is 0 Å². The van der Waals surface area contributed by atoms with Crippen LogP contribution in [0.25, 0.3) is 0 Å². The highest BCUT2D eigenvalue weighted by molar-refractivity contribution is 5.48. The smallest absolute Gasteiger partial charge is 0.128 e. The lowest BCUT2D eigenvalue weighted by Crippen LogP contribution is -2.00. The van der Waals surface area contributed by atoms with E-state index in [1.165, 1.54) is 0 Å². The van der Waals surface area contributed by atoms with Gasteiger partial charge in [0.05, 0.1) is 6.20 Å². The Morgan fingerprint density at radius 3 is 3.14 bits per heavy atom. The van der Waals surface area contributed by atoms with Crippen molar-refractivity contribution in [1.82, 2.24) is 15.2 Å². The summed E-state index contributed by atoms with van der Waals surface area (Å²) in [5.41, 5.74) is 7.39. The van der Waals surface area contributed by atoms with E-state index >= 15 is 0 Å². The van der Waals surface area contributed by atoms with Gasteiger partial charge in [0.2, 0.25) is 0 Å². The molecule has 0 aliphatic heterocycles. The average Bonchev–Trinajstić information content (AvgIpc) is 2.67. The average molecular weight is 189 g/mol. The molecule has 4 N–H and O–H groups in total. The number of pyridine rings is 1. The normalized spacial score (nSPS) is 10.0. The van der Waals surface area contributed by atoms with Crippen molar-refractivity contribution in [1.29, 1.82) is 0 Å². The monoisotopic (exact) mass is 189 g/mol. The molecule has 72 valence electrons. The van der Waals surface area contributed by atoms with E-state index in [0.29, 0.717) is 12.2 Å². The van der Waals surface area contributed by atoms with E-state index in [1.54, 1.807) is 24.5 Å². The van der Waals surface area contributed by atoms with E-state index in [4.69, 9.17) is 5.73 Å². The molecule has 0 atom stereocenters. The second-order valence-corrected chi connectivity index (χ2v) is 2.93. The summed E-state index contributed by atoms with van der Waals surface area (Å²) in [5, 5.41) is 9.72. The Balaban J connectivity index is 1.98. The molecule has 0 bridgehead atoms. The van der Waals surface area contributed by atoms with Gasteiger partial charge < -0.3 is 11.1 Å². The van der Waals surface area contributed by atoms with E-state index in [1.807, 2.05) is 6.20 Å². The number of rotatable bonds is 3. The number of hydrogen-bond donors (Lipinski definition) is 3. The van der Waals surface area contributed by atoms with Gasteiger partial charge in [0.15, 0.2) is 0 Å². The number of aromatic amines is 1. The summed E-state index contributed by atoms with van der Waals surface area (Å²) in [6.45, 7) is 0.687. The van der Waals surface area contributed by atoms with Crippen LogP contribution >= 0.6 is 0 Å². The Morgan fingerprint density at radius 2 is 2.43 bits per heavy atom. The minimum atomic E-state index is 0.687. The summed E-state index contributed by atoms with van der Waals surface area (Å²) in [4.78, 5) is 4.12. The van der Waals surface area contributed by atoms with E-state index in [2.05, 4.69) is 20.5 Å². The van der Waals surface area contributed by atoms with Gasteiger partial charge in [-0.05, 0) is 6.07 Å². The number of nitrogen functional groups attached to an aromatic ring is 1. The summed E-state index contributed by atoms with van der Waals surface area (Å²) in [7, 11) is 0. The maximum atomic E-state index is 5.61. The predicted octanol–water partition coefficient (Wildman–Crippen LogP) is 0.999. The van der Waals surface area contributed by atoms with Crippen molar-refractivity contribution in [2.75, 3.05) is 11.1 Å². The molecule has 0 aromatic carbocycles. The molecule has 0 unspecified atom stereocenters. The molecule has 0 amide bonds. The molecule has 5 nitrogen and oxygen atoms in total. The minimum absolute atomic E-state index is 0.687. The zero-order valence-electron chi connectivity index (χ0n) is 7.57. The predicted molar refractivity (Wildman–Crippen MR) is 54.6 cm³/mol. The molecule has 2 heterocycles. The molecular formula is C9H11N5. The van der Waals surface area contributed by atoms with Gasteiger partial charge in [-0.25, -0.2) is 4.98 Å². The van der Waals surface area contributed by atoms with Crippen LogP contribution in [0.5, 0.6) is 0 Å². The lowest BCUT2D eigenvalue weighted by atomic mass is 10.3. The van der Waals surface area contributed by atoms with Crippen LogP contribution < -0.4 is 11.1 Å². The zero-order valence-corrected chi connectivity index (χ0v) is 7.57. The van der Waals surface area contributed by atoms with Crippen molar-refractivity contribution in [2.45, 2.75) is 6.54 Å². The van der Waals surface area contributed by atoms with E-state index in [9.17, 15) is 0 Å². The standard InChI is InChI=1S/C9H11N5/c10-8-1-2-11-9(3-8)12-4-7-5-13-14-6-7/h1-3,5-6H,4H2,(H,13,14)(H3,10,11,12). The molecule has 0 spiro atoms. The van der Waals surface area contributed by atoms with Gasteiger partial charge in [0.1, 0.15) is 5.82 Å². The lowest BCUT2D eigenvalue weighted by molar-refractivity contribution is 1.09. The summed E-state index contributed by atoms with van der Waals surface area (Å²) in [5.74, 6) is 0.770. The van der Waals surface area contributed by atoms with Gasteiger partial charge in [0.25, 0.3) is 0 Å². The van der Waals surface area contributed by atoms with Crippen LogP contribution in [0.4, 0.5) is 11.5 Å². The van der Waals surface area contributed by atoms with Crippen LogP contribution in [0, 0.1) is 0 Å². The fourth-order valence-electron chi connectivity index (χ4n) is 1.11. The van der Waals surface area contributed by atoms with Crippen molar-refractivity contribution in [3.8, 4) is 0 Å². The molecule has 0 radical (unpaired) electrons. The highest BCUT2D eigenvalue weighted by Crippen LogP contribution is 2.08. The summed E-state index contributed by atoms with van der Waals surface area (Å²) in [6, 6.07) is 3.54. The molecule has 5 heteroatoms. The number of aromatic nitrogens is 3. The zero-order chi connectivity index (χ0) is 9.80. The third kappa shape index (κ3) is 2.01. The molecule has 0 saturated heterocycles. The first kappa shape index (κ1) is 8.55. The first-order valence-corrected chi connectivity index (χ1v) is 4.27. The fourth-order valence-corrected chi connectivity index (χ4v) is 1.11. The van der Waals surface area contributed by atoms with E-state index in [-0.39, 0.29) is 0 Å². The quantitative estimate of drug-likeness (QED) is 0.673. The molecular weight excluding hydrogens is 178 g/mol. The van der Waals surface area contributed by atoms with Crippen LogP contribution in [0.15, 0.2) is 30.7 Å². The molecule has 2 rings (SSSR count). The first-order chi connectivity index (χ1) is 6.84. The third-order valence-electron chi connectivity index (χ3n) is 1.81. The number of H-pyrrole nitrogens is 1. The summed E-state index contributed by atoms with van der Waals surface area (Å²) in [6.07, 6.45) is 5.27. The van der Waals surface area contributed by atoms with Crippen LogP contribution in [0.1, 0.15) is 5.56 Å². The number of anilines is 2. The Bertz CT molecular complexity index is 395. The van der Waals surface area contributed by atoms with Gasteiger partial charge in [-0.2, -0.15) is 5.10 Å². The number of nitrogens with zero attached hydrogens (tertiary/aromatic N) is 2. The van der Waals surface area contributed by atoms with Crippen molar-refractivity contribution >= 4 is 11.5 Å². The number of nitrogens with one attached hydrogen (secondary N) is 2. The molecule has 0 aliphatic rings. The highest BCUT2D eigenvalue weighted by atomic mass is 15.1. The lowest BCUT2D eigenvalue weighted by Gasteiger charge is -2.03. The van der Waals surface area contributed by atoms with Gasteiger partial charge in [-0.15, -0.1) is 0 Å². The molecule has 2 aromatic heterocycles. The first-order valence-electron chi connectivity index (χ1n) is 4.27. The van der Waals surface area contributed by atoms with Crippen molar-refractivity contribution in [3.63, 3.8) is 0 Å². The van der Waals surface area contributed by atoms with Crippen molar-refractivity contribution < 1.29 is 0 Å². The number of nitrogens with two attached hydrogens (primary N) is 1. The van der Waals surface area contributed by atoms with Gasteiger partial charge in [0, 0.05) is 36.3 Å².